The molecule has 0 spiro atoms. The summed E-state index contributed by atoms with van der Waals surface area (Å²) in [5.74, 6) is 1.54. The summed E-state index contributed by atoms with van der Waals surface area (Å²) in [4.78, 5) is 9.65. The molecule has 3 heterocycles. The van der Waals surface area contributed by atoms with Crippen molar-refractivity contribution in [1.82, 2.24) is 19.1 Å². The molecule has 38 heavy (non-hydrogen) atoms. The molecule has 7 rings (SSSR count). The quantitative estimate of drug-likeness (QED) is 0.228. The first-order chi connectivity index (χ1) is 18.8. The van der Waals surface area contributed by atoms with E-state index in [1.54, 1.807) is 6.08 Å². The fraction of sp³-hybridized carbons (Fsp3) is 0. The third-order valence-electron chi connectivity index (χ3n) is 7.16. The van der Waals surface area contributed by atoms with Gasteiger partial charge in [0.15, 0.2) is 5.82 Å². The summed E-state index contributed by atoms with van der Waals surface area (Å²) in [6, 6.07) is 31.6. The van der Waals surface area contributed by atoms with Crippen molar-refractivity contribution < 1.29 is 0 Å². The lowest BCUT2D eigenvalue weighted by Crippen LogP contribution is -2.00. The van der Waals surface area contributed by atoms with Gasteiger partial charge in [0.05, 0.1) is 16.6 Å². The van der Waals surface area contributed by atoms with Crippen LogP contribution in [0.1, 0.15) is 0 Å². The molecule has 0 bridgehead atoms. The number of aromatic nitrogens is 4. The molecule has 0 aliphatic rings. The molecule has 0 amide bonds. The summed E-state index contributed by atoms with van der Waals surface area (Å²) >= 11 is 0. The number of para-hydroxylation sites is 1. The first-order valence-corrected chi connectivity index (χ1v) is 12.6. The Morgan fingerprint density at radius 3 is 2.39 bits per heavy atom. The van der Waals surface area contributed by atoms with Crippen LogP contribution in [0.4, 0.5) is 0 Å². The number of nitrogens with zero attached hydrogens (tertiary/aromatic N) is 4. The highest BCUT2D eigenvalue weighted by Crippen LogP contribution is 2.40. The number of hydrogen-bond acceptors (Lipinski definition) is 2. The molecule has 4 nitrogen and oxygen atoms in total. The molecule has 0 unspecified atom stereocenters. The summed E-state index contributed by atoms with van der Waals surface area (Å²) in [7, 11) is 0. The van der Waals surface area contributed by atoms with Crippen molar-refractivity contribution in [2.45, 2.75) is 0 Å². The maximum atomic E-state index is 5.06. The van der Waals surface area contributed by atoms with Gasteiger partial charge in [0.25, 0.3) is 0 Å². The number of allylic oxidation sites excluding steroid dienone is 4. The molecule has 0 fully saturated rings. The minimum Gasteiger partial charge on any atom is -0.317 e. The van der Waals surface area contributed by atoms with Gasteiger partial charge in [0.2, 0.25) is 0 Å². The van der Waals surface area contributed by atoms with Crippen molar-refractivity contribution in [2.24, 2.45) is 0 Å². The minimum atomic E-state index is 0.704. The van der Waals surface area contributed by atoms with Gasteiger partial charge in [-0.2, -0.15) is 0 Å². The molecule has 0 saturated heterocycles. The van der Waals surface area contributed by atoms with Crippen molar-refractivity contribution in [3.63, 3.8) is 0 Å². The van der Waals surface area contributed by atoms with E-state index in [0.29, 0.717) is 5.82 Å². The molecule has 0 aliphatic heterocycles. The van der Waals surface area contributed by atoms with E-state index in [1.807, 2.05) is 54.7 Å². The van der Waals surface area contributed by atoms with Crippen LogP contribution in [0.5, 0.6) is 0 Å². The molecule has 0 N–H and O–H groups in total. The molecular weight excluding hydrogens is 464 g/mol. The van der Waals surface area contributed by atoms with E-state index < -0.39 is 0 Å². The predicted molar refractivity (Wildman–Crippen MR) is 159 cm³/mol. The maximum absolute atomic E-state index is 5.06. The average Bonchev–Trinajstić information content (AvgIpc) is 3.56. The number of hydrogen-bond donors (Lipinski definition) is 0. The Bertz CT molecular complexity index is 2060. The Balaban J connectivity index is 1.62. The number of fused-ring (bicyclic) bond motifs is 7. The summed E-state index contributed by atoms with van der Waals surface area (Å²) in [5, 5.41) is 5.93. The Kier molecular flexibility index (Phi) is 5.05. The largest absolute Gasteiger partial charge is 0.317 e. The number of benzene rings is 4. The summed E-state index contributed by atoms with van der Waals surface area (Å²) in [5.41, 5.74) is 5.33. The molecule has 3 aromatic heterocycles. The van der Waals surface area contributed by atoms with E-state index in [0.717, 1.165) is 33.6 Å². The molecule has 7 aromatic rings. The average molecular weight is 489 g/mol. The van der Waals surface area contributed by atoms with Crippen LogP contribution in [0.2, 0.25) is 0 Å². The fourth-order valence-corrected chi connectivity index (χ4v) is 5.52. The summed E-state index contributed by atoms with van der Waals surface area (Å²) < 4.78 is 4.44. The molecular formula is C34H24N4. The lowest BCUT2D eigenvalue weighted by molar-refractivity contribution is 1.05. The zero-order valence-electron chi connectivity index (χ0n) is 20.8. The van der Waals surface area contributed by atoms with Gasteiger partial charge in [-0.1, -0.05) is 86.0 Å². The Labute approximate surface area is 220 Å². The van der Waals surface area contributed by atoms with Gasteiger partial charge in [-0.05, 0) is 41.8 Å². The summed E-state index contributed by atoms with van der Waals surface area (Å²) in [6.07, 6.45) is 9.57. The van der Waals surface area contributed by atoms with E-state index in [1.165, 1.54) is 26.9 Å². The lowest BCUT2D eigenvalue weighted by atomic mass is 10.0. The van der Waals surface area contributed by atoms with Crippen LogP contribution in [-0.4, -0.2) is 19.1 Å². The van der Waals surface area contributed by atoms with E-state index in [-0.39, 0.29) is 0 Å². The van der Waals surface area contributed by atoms with Crippen LogP contribution >= 0.6 is 0 Å². The molecule has 0 aliphatic carbocycles. The second kappa shape index (κ2) is 8.71. The Hall–Kier alpha value is -5.22. The molecule has 180 valence electrons. The fourth-order valence-electron chi connectivity index (χ4n) is 5.52. The standard InChI is InChI=1S/C34H24N4/c1-3-10-25(4-2)37-22-20-28-29(37)18-16-23-15-17-27-26-13-8-9-14-30(26)38(33(27)32(23)28)31-19-21-35-34(36-31)24-11-6-5-7-12-24/h3-22H,1-2H2/b25-10+. The van der Waals surface area contributed by atoms with E-state index >= 15 is 0 Å². The predicted octanol–water partition coefficient (Wildman–Crippen LogP) is 8.56. The molecule has 4 aromatic carbocycles. The molecule has 0 atom stereocenters. The van der Waals surface area contributed by atoms with Gasteiger partial charge in [-0.3, -0.25) is 4.57 Å². The van der Waals surface area contributed by atoms with E-state index in [2.05, 4.69) is 88.1 Å². The van der Waals surface area contributed by atoms with Crippen molar-refractivity contribution in [3.05, 3.63) is 135 Å². The molecule has 4 heteroatoms. The van der Waals surface area contributed by atoms with Gasteiger partial charge < -0.3 is 4.57 Å². The SMILES string of the molecule is C=C/C=C(\C=C)n1ccc2c3c(ccc4c5ccccc5n(-c5ccnc(-c6ccccc6)n5)c43)ccc21. The van der Waals surface area contributed by atoms with Gasteiger partial charge in [0, 0.05) is 45.2 Å². The monoisotopic (exact) mass is 488 g/mol. The molecule has 0 saturated carbocycles. The highest BCUT2D eigenvalue weighted by atomic mass is 15.1. The van der Waals surface area contributed by atoms with Gasteiger partial charge in [-0.25, -0.2) is 9.97 Å². The van der Waals surface area contributed by atoms with Crippen LogP contribution < -0.4 is 0 Å². The zero-order chi connectivity index (χ0) is 25.6. The first kappa shape index (κ1) is 22.0. The van der Waals surface area contributed by atoms with Crippen LogP contribution in [-0.2, 0) is 0 Å². The van der Waals surface area contributed by atoms with E-state index in [4.69, 9.17) is 4.98 Å². The summed E-state index contributed by atoms with van der Waals surface area (Å²) in [6.45, 7) is 7.89. The van der Waals surface area contributed by atoms with Gasteiger partial charge in [-0.15, -0.1) is 0 Å². The van der Waals surface area contributed by atoms with Crippen molar-refractivity contribution in [1.29, 1.82) is 0 Å². The van der Waals surface area contributed by atoms with Crippen LogP contribution in [0.25, 0.3) is 66.4 Å². The van der Waals surface area contributed by atoms with Crippen molar-refractivity contribution >= 4 is 49.2 Å². The maximum Gasteiger partial charge on any atom is 0.161 e. The minimum absolute atomic E-state index is 0.704. The van der Waals surface area contributed by atoms with Crippen molar-refractivity contribution in [3.8, 4) is 17.2 Å². The third kappa shape index (κ3) is 3.24. The topological polar surface area (TPSA) is 35.6 Å². The van der Waals surface area contributed by atoms with Gasteiger partial charge >= 0.3 is 0 Å². The van der Waals surface area contributed by atoms with Crippen LogP contribution in [0, 0.1) is 0 Å². The third-order valence-corrected chi connectivity index (χ3v) is 7.16. The highest BCUT2D eigenvalue weighted by molar-refractivity contribution is 6.25. The van der Waals surface area contributed by atoms with Crippen LogP contribution in [0.3, 0.4) is 0 Å². The second-order valence-electron chi connectivity index (χ2n) is 9.23. The Morgan fingerprint density at radius 2 is 1.55 bits per heavy atom. The van der Waals surface area contributed by atoms with Crippen LogP contribution in [0.15, 0.2) is 135 Å². The second-order valence-corrected chi connectivity index (χ2v) is 9.23. The smallest absolute Gasteiger partial charge is 0.161 e. The highest BCUT2D eigenvalue weighted by Gasteiger charge is 2.18. The first-order valence-electron chi connectivity index (χ1n) is 12.6. The lowest BCUT2D eigenvalue weighted by Gasteiger charge is -2.12. The van der Waals surface area contributed by atoms with Gasteiger partial charge in [0.1, 0.15) is 5.82 Å². The molecule has 0 radical (unpaired) electrons. The Morgan fingerprint density at radius 1 is 0.737 bits per heavy atom. The van der Waals surface area contributed by atoms with Crippen molar-refractivity contribution in [2.75, 3.05) is 0 Å². The van der Waals surface area contributed by atoms with E-state index in [9.17, 15) is 0 Å². The number of rotatable bonds is 5. The normalized spacial score (nSPS) is 12.1. The zero-order valence-corrected chi connectivity index (χ0v) is 20.8.